The molecule has 0 amide bonds. The summed E-state index contributed by atoms with van der Waals surface area (Å²) in [6, 6.07) is 17.9. The van der Waals surface area contributed by atoms with Crippen molar-refractivity contribution >= 4 is 11.9 Å². The van der Waals surface area contributed by atoms with Crippen molar-refractivity contribution in [1.29, 1.82) is 0 Å². The molecule has 0 bridgehead atoms. The number of benzene rings is 2. The first-order chi connectivity index (χ1) is 7.86. The van der Waals surface area contributed by atoms with Gasteiger partial charge in [-0.05, 0) is 11.6 Å². The Hall–Kier alpha value is -2.09. The zero-order valence-corrected chi connectivity index (χ0v) is 9.01. The van der Waals surface area contributed by atoms with E-state index in [1.165, 1.54) is 5.56 Å². The highest BCUT2D eigenvalue weighted by molar-refractivity contribution is 5.86. The maximum atomic E-state index is 5.81. The molecule has 2 nitrogen and oxygen atoms in total. The van der Waals surface area contributed by atoms with Crippen molar-refractivity contribution in [3.8, 4) is 0 Å². The number of nitrogens with zero attached hydrogens (tertiary/aromatic N) is 1. The fourth-order valence-electron chi connectivity index (χ4n) is 1.46. The molecule has 0 saturated heterocycles. The van der Waals surface area contributed by atoms with Gasteiger partial charge in [0.15, 0.2) is 0 Å². The summed E-state index contributed by atoms with van der Waals surface area (Å²) in [4.78, 5) is 4.37. The Morgan fingerprint density at radius 2 is 1.62 bits per heavy atom. The lowest BCUT2D eigenvalue weighted by Crippen LogP contribution is -1.92. The maximum absolute atomic E-state index is 5.81. The summed E-state index contributed by atoms with van der Waals surface area (Å²) < 4.78 is 0. The average Bonchev–Trinajstić information content (AvgIpc) is 2.33. The molecule has 0 aliphatic heterocycles. The molecule has 0 aromatic heterocycles. The summed E-state index contributed by atoms with van der Waals surface area (Å²) in [7, 11) is 0. The van der Waals surface area contributed by atoms with E-state index in [1.807, 2.05) is 48.7 Å². The normalized spacial score (nSPS) is 10.8. The number of hydrogen-bond acceptors (Lipinski definition) is 2. The molecule has 0 saturated carbocycles. The molecule has 0 spiro atoms. The lowest BCUT2D eigenvalue weighted by atomic mass is 10.2. The molecule has 2 rings (SSSR count). The molecule has 2 N–H and O–H groups in total. The number of hydrogen-bond donors (Lipinski definition) is 1. The van der Waals surface area contributed by atoms with E-state index in [1.54, 1.807) is 0 Å². The van der Waals surface area contributed by atoms with Gasteiger partial charge >= 0.3 is 0 Å². The van der Waals surface area contributed by atoms with Gasteiger partial charge in [-0.3, -0.25) is 4.99 Å². The fourth-order valence-corrected chi connectivity index (χ4v) is 1.46. The first-order valence-electron chi connectivity index (χ1n) is 5.24. The summed E-state index contributed by atoms with van der Waals surface area (Å²) in [5.74, 6) is 0. The van der Waals surface area contributed by atoms with Crippen LogP contribution >= 0.6 is 0 Å². The Morgan fingerprint density at radius 3 is 2.38 bits per heavy atom. The molecule has 0 fully saturated rings. The number of nitrogen functional groups attached to an aromatic ring is 1. The number of para-hydroxylation sites is 1. The van der Waals surface area contributed by atoms with Gasteiger partial charge in [0.05, 0.1) is 6.54 Å². The first kappa shape index (κ1) is 10.4. The predicted octanol–water partition coefficient (Wildman–Crippen LogP) is 2.89. The lowest BCUT2D eigenvalue weighted by molar-refractivity contribution is 1.08. The van der Waals surface area contributed by atoms with Crippen LogP contribution in [0.25, 0.3) is 0 Å². The standard InChI is InChI=1S/C14H14N2/c15-14-9-5-4-8-13(14)11-16-10-12-6-2-1-3-7-12/h1-9,11H,10,15H2. The van der Waals surface area contributed by atoms with Gasteiger partial charge in [0.25, 0.3) is 0 Å². The van der Waals surface area contributed by atoms with Crippen LogP contribution in [0.4, 0.5) is 5.69 Å². The van der Waals surface area contributed by atoms with Crippen LogP contribution < -0.4 is 5.73 Å². The van der Waals surface area contributed by atoms with Crippen LogP contribution in [0.2, 0.25) is 0 Å². The highest BCUT2D eigenvalue weighted by Crippen LogP contribution is 2.08. The molecule has 0 aliphatic carbocycles. The Morgan fingerprint density at radius 1 is 0.938 bits per heavy atom. The van der Waals surface area contributed by atoms with Crippen molar-refractivity contribution in [2.75, 3.05) is 5.73 Å². The summed E-state index contributed by atoms with van der Waals surface area (Å²) >= 11 is 0. The first-order valence-corrected chi connectivity index (χ1v) is 5.24. The predicted molar refractivity (Wildman–Crippen MR) is 68.6 cm³/mol. The molecule has 2 heteroatoms. The van der Waals surface area contributed by atoms with Crippen LogP contribution in [0, 0.1) is 0 Å². The molecular formula is C14H14N2. The quantitative estimate of drug-likeness (QED) is 0.614. The zero-order valence-electron chi connectivity index (χ0n) is 9.01. The van der Waals surface area contributed by atoms with Crippen molar-refractivity contribution in [2.24, 2.45) is 4.99 Å². The van der Waals surface area contributed by atoms with E-state index in [4.69, 9.17) is 5.73 Å². The van der Waals surface area contributed by atoms with Crippen molar-refractivity contribution in [3.05, 3.63) is 65.7 Å². The SMILES string of the molecule is Nc1ccccc1C=NCc1ccccc1. The Kier molecular flexibility index (Phi) is 3.34. The molecule has 0 aliphatic rings. The lowest BCUT2D eigenvalue weighted by Gasteiger charge is -1.98. The molecule has 2 aromatic rings. The maximum Gasteiger partial charge on any atom is 0.0639 e. The largest absolute Gasteiger partial charge is 0.398 e. The molecular weight excluding hydrogens is 196 g/mol. The summed E-state index contributed by atoms with van der Waals surface area (Å²) in [5, 5.41) is 0. The minimum absolute atomic E-state index is 0.690. The van der Waals surface area contributed by atoms with E-state index in [0.717, 1.165) is 11.3 Å². The van der Waals surface area contributed by atoms with Crippen LogP contribution in [0.5, 0.6) is 0 Å². The van der Waals surface area contributed by atoms with Crippen molar-refractivity contribution in [1.82, 2.24) is 0 Å². The van der Waals surface area contributed by atoms with E-state index in [9.17, 15) is 0 Å². The summed E-state index contributed by atoms with van der Waals surface area (Å²) in [6.07, 6.45) is 1.82. The average molecular weight is 210 g/mol. The van der Waals surface area contributed by atoms with E-state index in [0.29, 0.717) is 6.54 Å². The third kappa shape index (κ3) is 2.70. The molecule has 0 unspecified atom stereocenters. The second-order valence-electron chi connectivity index (χ2n) is 3.58. The minimum atomic E-state index is 0.690. The summed E-state index contributed by atoms with van der Waals surface area (Å²) in [5.41, 5.74) is 8.74. The van der Waals surface area contributed by atoms with Crippen LogP contribution in [0.15, 0.2) is 59.6 Å². The van der Waals surface area contributed by atoms with Crippen LogP contribution in [0.3, 0.4) is 0 Å². The topological polar surface area (TPSA) is 38.4 Å². The van der Waals surface area contributed by atoms with E-state index < -0.39 is 0 Å². The Bertz CT molecular complexity index is 475. The van der Waals surface area contributed by atoms with Gasteiger partial charge in [-0.2, -0.15) is 0 Å². The number of aliphatic imine (C=N–C) groups is 1. The highest BCUT2D eigenvalue weighted by atomic mass is 14.7. The van der Waals surface area contributed by atoms with Crippen LogP contribution in [0.1, 0.15) is 11.1 Å². The van der Waals surface area contributed by atoms with Crippen LogP contribution in [-0.2, 0) is 6.54 Å². The second-order valence-corrected chi connectivity index (χ2v) is 3.58. The molecule has 2 aromatic carbocycles. The number of rotatable bonds is 3. The Labute approximate surface area is 95.5 Å². The van der Waals surface area contributed by atoms with Crippen LogP contribution in [-0.4, -0.2) is 6.21 Å². The van der Waals surface area contributed by atoms with Crippen molar-refractivity contribution in [3.63, 3.8) is 0 Å². The summed E-state index contributed by atoms with van der Waals surface area (Å²) in [6.45, 7) is 0.690. The third-order valence-corrected chi connectivity index (χ3v) is 2.34. The second kappa shape index (κ2) is 5.12. The van der Waals surface area contributed by atoms with Gasteiger partial charge in [-0.25, -0.2) is 0 Å². The number of nitrogens with two attached hydrogens (primary N) is 1. The molecule has 0 atom stereocenters. The molecule has 80 valence electrons. The Balaban J connectivity index is 2.03. The van der Waals surface area contributed by atoms with Gasteiger partial charge in [-0.15, -0.1) is 0 Å². The van der Waals surface area contributed by atoms with E-state index in [2.05, 4.69) is 17.1 Å². The molecule has 0 heterocycles. The van der Waals surface area contributed by atoms with Gasteiger partial charge in [0.1, 0.15) is 0 Å². The number of anilines is 1. The van der Waals surface area contributed by atoms with Crippen molar-refractivity contribution in [2.45, 2.75) is 6.54 Å². The molecule has 0 radical (unpaired) electrons. The smallest absolute Gasteiger partial charge is 0.0639 e. The van der Waals surface area contributed by atoms with Gasteiger partial charge in [0.2, 0.25) is 0 Å². The van der Waals surface area contributed by atoms with Crippen molar-refractivity contribution < 1.29 is 0 Å². The van der Waals surface area contributed by atoms with Gasteiger partial charge in [0, 0.05) is 17.5 Å². The highest BCUT2D eigenvalue weighted by Gasteiger charge is 1.92. The minimum Gasteiger partial charge on any atom is -0.398 e. The monoisotopic (exact) mass is 210 g/mol. The fraction of sp³-hybridized carbons (Fsp3) is 0.0714. The van der Waals surface area contributed by atoms with E-state index >= 15 is 0 Å². The van der Waals surface area contributed by atoms with Gasteiger partial charge < -0.3 is 5.73 Å². The third-order valence-electron chi connectivity index (χ3n) is 2.34. The van der Waals surface area contributed by atoms with E-state index in [-0.39, 0.29) is 0 Å². The van der Waals surface area contributed by atoms with Gasteiger partial charge in [-0.1, -0.05) is 48.5 Å². The molecule has 16 heavy (non-hydrogen) atoms. The zero-order chi connectivity index (χ0) is 11.2.